The molecule has 1 heterocycles. The van der Waals surface area contributed by atoms with Crippen molar-refractivity contribution in [2.24, 2.45) is 0 Å². The molecule has 2 aromatic rings. The number of hydrogen-bond acceptors (Lipinski definition) is 5. The molecular formula is C14H16N2O3S2. The third-order valence-corrected chi connectivity index (χ3v) is 5.45. The molecule has 1 aromatic heterocycles. The second-order valence-electron chi connectivity index (χ2n) is 5.19. The molecule has 0 radical (unpaired) electrons. The average Bonchev–Trinajstić information content (AvgIpc) is 3.20. The Morgan fingerprint density at radius 2 is 1.90 bits per heavy atom. The number of thiazole rings is 1. The average molecular weight is 324 g/mol. The number of aliphatic hydroxyl groups is 1. The lowest BCUT2D eigenvalue weighted by Crippen LogP contribution is -2.15. The third-order valence-electron chi connectivity index (χ3n) is 3.32. The minimum Gasteiger partial charge on any atom is -0.392 e. The molecule has 0 saturated heterocycles. The molecule has 1 aliphatic carbocycles. The predicted molar refractivity (Wildman–Crippen MR) is 82.7 cm³/mol. The van der Waals surface area contributed by atoms with Crippen molar-refractivity contribution in [3.63, 3.8) is 0 Å². The molecule has 0 amide bonds. The fourth-order valence-electron chi connectivity index (χ4n) is 2.03. The highest BCUT2D eigenvalue weighted by Gasteiger charge is 2.26. The fourth-order valence-corrected chi connectivity index (χ4v) is 4.25. The van der Waals surface area contributed by atoms with Crippen LogP contribution in [0.1, 0.15) is 35.6 Å². The molecule has 2 N–H and O–H groups in total. The Balaban J connectivity index is 1.67. The minimum atomic E-state index is -3.46. The van der Waals surface area contributed by atoms with E-state index in [0.717, 1.165) is 24.1 Å². The van der Waals surface area contributed by atoms with Crippen LogP contribution in [0, 0.1) is 0 Å². The zero-order valence-corrected chi connectivity index (χ0v) is 13.0. The van der Waals surface area contributed by atoms with Gasteiger partial charge in [-0.05, 0) is 24.0 Å². The number of nitrogens with one attached hydrogen (secondary N) is 1. The summed E-state index contributed by atoms with van der Waals surface area (Å²) in [4.78, 5) is 4.32. The molecule has 1 aromatic carbocycles. The van der Waals surface area contributed by atoms with Crippen LogP contribution in [0.3, 0.4) is 0 Å². The van der Waals surface area contributed by atoms with E-state index in [2.05, 4.69) is 9.71 Å². The van der Waals surface area contributed by atoms with Gasteiger partial charge in [-0.1, -0.05) is 24.3 Å². The van der Waals surface area contributed by atoms with Gasteiger partial charge in [0.05, 0.1) is 18.1 Å². The van der Waals surface area contributed by atoms with Gasteiger partial charge in [0.1, 0.15) is 0 Å². The molecule has 7 heteroatoms. The molecule has 0 unspecified atom stereocenters. The summed E-state index contributed by atoms with van der Waals surface area (Å²) in [5.41, 5.74) is 2.43. The molecule has 0 atom stereocenters. The summed E-state index contributed by atoms with van der Waals surface area (Å²) in [6.07, 6.45) is 2.29. The number of aliphatic hydroxyl groups excluding tert-OH is 1. The Morgan fingerprint density at radius 1 is 1.24 bits per heavy atom. The molecule has 1 aliphatic rings. The lowest BCUT2D eigenvalue weighted by atomic mass is 10.2. The predicted octanol–water partition coefficient (Wildman–Crippen LogP) is 2.45. The highest BCUT2D eigenvalue weighted by Crippen LogP contribution is 2.41. The van der Waals surface area contributed by atoms with Crippen LogP contribution in [0.15, 0.2) is 29.6 Å². The van der Waals surface area contributed by atoms with E-state index in [1.165, 1.54) is 11.3 Å². The highest BCUT2D eigenvalue weighted by atomic mass is 32.2. The SMILES string of the molecule is O=S(=O)(Cc1ccc(CO)cc1)Nc1nc(C2CC2)cs1. The standard InChI is InChI=1S/C14H16N2O3S2/c17-7-10-1-3-11(4-2-10)9-21(18,19)16-14-15-13(8-20-14)12-5-6-12/h1-4,8,12,17H,5-7,9H2,(H,15,16). The van der Waals surface area contributed by atoms with Crippen molar-refractivity contribution in [1.82, 2.24) is 4.98 Å². The summed E-state index contributed by atoms with van der Waals surface area (Å²) in [5.74, 6) is 0.419. The molecule has 112 valence electrons. The van der Waals surface area contributed by atoms with Gasteiger partial charge in [-0.3, -0.25) is 4.72 Å². The molecule has 0 bridgehead atoms. The summed E-state index contributed by atoms with van der Waals surface area (Å²) in [7, 11) is -3.46. The zero-order chi connectivity index (χ0) is 14.9. The number of rotatable bonds is 6. The van der Waals surface area contributed by atoms with Gasteiger partial charge < -0.3 is 5.11 Å². The number of benzene rings is 1. The van der Waals surface area contributed by atoms with Gasteiger partial charge in [0, 0.05) is 11.3 Å². The molecule has 21 heavy (non-hydrogen) atoms. The van der Waals surface area contributed by atoms with Crippen LogP contribution in [-0.2, 0) is 22.4 Å². The van der Waals surface area contributed by atoms with Crippen molar-refractivity contribution in [3.8, 4) is 0 Å². The maximum Gasteiger partial charge on any atom is 0.238 e. The maximum absolute atomic E-state index is 12.1. The van der Waals surface area contributed by atoms with Crippen molar-refractivity contribution in [2.75, 3.05) is 4.72 Å². The van der Waals surface area contributed by atoms with Gasteiger partial charge >= 0.3 is 0 Å². The van der Waals surface area contributed by atoms with E-state index in [9.17, 15) is 8.42 Å². The van der Waals surface area contributed by atoms with Gasteiger partial charge in [-0.2, -0.15) is 0 Å². The largest absolute Gasteiger partial charge is 0.392 e. The Labute approximate surface area is 127 Å². The van der Waals surface area contributed by atoms with Crippen molar-refractivity contribution in [3.05, 3.63) is 46.5 Å². The number of nitrogens with zero attached hydrogens (tertiary/aromatic N) is 1. The molecule has 1 fully saturated rings. The Kier molecular flexibility index (Phi) is 3.97. The van der Waals surface area contributed by atoms with E-state index in [1.54, 1.807) is 24.3 Å². The van der Waals surface area contributed by atoms with Crippen molar-refractivity contribution >= 4 is 26.5 Å². The first-order valence-corrected chi connectivity index (χ1v) is 9.23. The van der Waals surface area contributed by atoms with Gasteiger partial charge in [-0.25, -0.2) is 13.4 Å². The third kappa shape index (κ3) is 3.81. The number of sulfonamides is 1. The van der Waals surface area contributed by atoms with Crippen LogP contribution in [0.5, 0.6) is 0 Å². The minimum absolute atomic E-state index is 0.0473. The first kappa shape index (κ1) is 14.5. The number of hydrogen-bond donors (Lipinski definition) is 2. The quantitative estimate of drug-likeness (QED) is 0.855. The number of anilines is 1. The van der Waals surface area contributed by atoms with Crippen molar-refractivity contribution < 1.29 is 13.5 Å². The Morgan fingerprint density at radius 3 is 2.52 bits per heavy atom. The van der Waals surface area contributed by atoms with Crippen LogP contribution in [-0.4, -0.2) is 18.5 Å². The smallest absolute Gasteiger partial charge is 0.238 e. The molecule has 3 rings (SSSR count). The van der Waals surface area contributed by atoms with E-state index in [0.29, 0.717) is 16.6 Å². The lowest BCUT2D eigenvalue weighted by Gasteiger charge is -2.06. The van der Waals surface area contributed by atoms with Gasteiger partial charge in [0.15, 0.2) is 5.13 Å². The van der Waals surface area contributed by atoms with Gasteiger partial charge in [0.2, 0.25) is 10.0 Å². The normalized spacial score (nSPS) is 15.1. The van der Waals surface area contributed by atoms with Crippen LogP contribution < -0.4 is 4.72 Å². The first-order chi connectivity index (χ1) is 10.1. The molecule has 0 aliphatic heterocycles. The second kappa shape index (κ2) is 5.75. The monoisotopic (exact) mass is 324 g/mol. The Bertz CT molecular complexity index is 719. The molecule has 0 spiro atoms. The summed E-state index contributed by atoms with van der Waals surface area (Å²) < 4.78 is 26.8. The van der Waals surface area contributed by atoms with Crippen molar-refractivity contribution in [2.45, 2.75) is 31.1 Å². The van der Waals surface area contributed by atoms with Gasteiger partial charge in [0.25, 0.3) is 0 Å². The van der Waals surface area contributed by atoms with Crippen LogP contribution in [0.25, 0.3) is 0 Å². The first-order valence-electron chi connectivity index (χ1n) is 6.70. The lowest BCUT2D eigenvalue weighted by molar-refractivity contribution is 0.282. The van der Waals surface area contributed by atoms with Crippen LogP contribution >= 0.6 is 11.3 Å². The van der Waals surface area contributed by atoms with Crippen LogP contribution in [0.2, 0.25) is 0 Å². The van der Waals surface area contributed by atoms with Gasteiger partial charge in [-0.15, -0.1) is 11.3 Å². The van der Waals surface area contributed by atoms with Crippen LogP contribution in [0.4, 0.5) is 5.13 Å². The molecule has 1 saturated carbocycles. The summed E-state index contributed by atoms with van der Waals surface area (Å²) >= 11 is 1.33. The van der Waals surface area contributed by atoms with Crippen molar-refractivity contribution in [1.29, 1.82) is 0 Å². The van der Waals surface area contributed by atoms with E-state index in [4.69, 9.17) is 5.11 Å². The fraction of sp³-hybridized carbons (Fsp3) is 0.357. The van der Waals surface area contributed by atoms with E-state index in [-0.39, 0.29) is 12.4 Å². The summed E-state index contributed by atoms with van der Waals surface area (Å²) in [6, 6.07) is 6.86. The van der Waals surface area contributed by atoms with E-state index in [1.807, 2.05) is 5.38 Å². The topological polar surface area (TPSA) is 79.3 Å². The Hall–Kier alpha value is -1.44. The van der Waals surface area contributed by atoms with E-state index < -0.39 is 10.0 Å². The second-order valence-corrected chi connectivity index (χ2v) is 7.77. The molecule has 5 nitrogen and oxygen atoms in total. The zero-order valence-electron chi connectivity index (χ0n) is 11.3. The maximum atomic E-state index is 12.1. The van der Waals surface area contributed by atoms with E-state index >= 15 is 0 Å². The summed E-state index contributed by atoms with van der Waals surface area (Å²) in [5, 5.41) is 11.3. The highest BCUT2D eigenvalue weighted by molar-refractivity contribution is 7.92. The molecular weight excluding hydrogens is 308 g/mol. The summed E-state index contributed by atoms with van der Waals surface area (Å²) in [6.45, 7) is -0.0473. The number of aromatic nitrogens is 1.